The molecule has 3 saturated heterocycles. The number of carbonyl (C=O) groups is 2. The van der Waals surface area contributed by atoms with Crippen LogP contribution in [0, 0.1) is 5.92 Å². The van der Waals surface area contributed by atoms with Crippen LogP contribution < -0.4 is 5.32 Å². The number of ether oxygens (including phenoxy) is 1. The van der Waals surface area contributed by atoms with Crippen LogP contribution in [-0.4, -0.2) is 63.7 Å². The summed E-state index contributed by atoms with van der Waals surface area (Å²) in [5, 5.41) is 14.4. The Kier molecular flexibility index (Phi) is 5.89. The Morgan fingerprint density at radius 1 is 1.15 bits per heavy atom. The van der Waals surface area contributed by atoms with Gasteiger partial charge in [0, 0.05) is 30.5 Å². The number of hydrogen-bond acceptors (Lipinski definition) is 7. The third-order valence-corrected chi connectivity index (χ3v) is 7.05. The summed E-state index contributed by atoms with van der Waals surface area (Å²) in [6, 6.07) is 11.9. The van der Waals surface area contributed by atoms with Crippen LogP contribution in [0.4, 0.5) is 5.82 Å². The molecule has 34 heavy (non-hydrogen) atoms. The Bertz CT molecular complexity index is 1130. The molecule has 1 unspecified atom stereocenters. The Balaban J connectivity index is 1.32. The van der Waals surface area contributed by atoms with Gasteiger partial charge in [0.2, 0.25) is 5.60 Å². The molecule has 9 nitrogen and oxygen atoms in total. The van der Waals surface area contributed by atoms with Crippen molar-refractivity contribution in [1.29, 1.82) is 0 Å². The van der Waals surface area contributed by atoms with Crippen LogP contribution in [0.3, 0.4) is 0 Å². The van der Waals surface area contributed by atoms with Crippen LogP contribution in [-0.2, 0) is 19.9 Å². The molecule has 2 atom stereocenters. The molecule has 0 aliphatic carbocycles. The second-order valence-electron chi connectivity index (χ2n) is 9.14. The third-order valence-electron chi connectivity index (χ3n) is 7.05. The number of rotatable bonds is 7. The highest BCUT2D eigenvalue weighted by Crippen LogP contribution is 2.38. The van der Waals surface area contributed by atoms with Gasteiger partial charge >= 0.3 is 5.97 Å². The molecule has 1 amide bonds. The number of quaternary nitrogens is 1. The van der Waals surface area contributed by atoms with Gasteiger partial charge < -0.3 is 24.1 Å². The molecule has 2 bridgehead atoms. The van der Waals surface area contributed by atoms with E-state index in [1.54, 1.807) is 42.6 Å². The predicted octanol–water partition coefficient (Wildman–Crippen LogP) is 2.10. The highest BCUT2D eigenvalue weighted by Gasteiger charge is 2.51. The molecule has 3 aliphatic heterocycles. The van der Waals surface area contributed by atoms with Crippen molar-refractivity contribution < 1.29 is 28.3 Å². The van der Waals surface area contributed by atoms with E-state index in [-0.39, 0.29) is 24.5 Å². The summed E-state index contributed by atoms with van der Waals surface area (Å²) in [5.41, 5.74) is -1.25. The zero-order valence-electron chi connectivity index (χ0n) is 18.7. The molecule has 2 aromatic heterocycles. The van der Waals surface area contributed by atoms with E-state index >= 15 is 0 Å². The van der Waals surface area contributed by atoms with E-state index in [9.17, 15) is 14.7 Å². The van der Waals surface area contributed by atoms with E-state index in [1.807, 2.05) is 6.07 Å². The van der Waals surface area contributed by atoms with E-state index in [0.717, 1.165) is 25.9 Å². The Morgan fingerprint density at radius 3 is 2.62 bits per heavy atom. The molecule has 3 aliphatic rings. The average Bonchev–Trinajstić information content (AvgIpc) is 3.40. The number of nitrogens with one attached hydrogen (secondary N) is 1. The van der Waals surface area contributed by atoms with Crippen LogP contribution in [0.2, 0.25) is 0 Å². The summed E-state index contributed by atoms with van der Waals surface area (Å²) in [4.78, 5) is 34.1. The van der Waals surface area contributed by atoms with Crippen molar-refractivity contribution in [3.63, 3.8) is 0 Å². The van der Waals surface area contributed by atoms with Crippen molar-refractivity contribution >= 4 is 17.7 Å². The molecule has 1 aromatic carbocycles. The van der Waals surface area contributed by atoms with Gasteiger partial charge in [0.1, 0.15) is 18.7 Å². The van der Waals surface area contributed by atoms with Crippen molar-refractivity contribution in [2.24, 2.45) is 5.92 Å². The van der Waals surface area contributed by atoms with Gasteiger partial charge in [0.25, 0.3) is 5.91 Å². The molecule has 2 N–H and O–H groups in total. The zero-order chi connectivity index (χ0) is 23.6. The summed E-state index contributed by atoms with van der Waals surface area (Å²) < 4.78 is 11.7. The van der Waals surface area contributed by atoms with E-state index < -0.39 is 11.6 Å². The maximum atomic E-state index is 13.5. The number of piperidine rings is 3. The smallest absolute Gasteiger partial charge is 0.348 e. The van der Waals surface area contributed by atoms with Gasteiger partial charge in [0.15, 0.2) is 12.6 Å². The lowest BCUT2D eigenvalue weighted by Gasteiger charge is -2.51. The fraction of sp³-hybridized carbons (Fsp3) is 0.360. The standard InChI is InChI=1S/C25H26N4O5/c30-23(28-22-6-10-26-17-27-22)15-29-11-7-18(8-12-29)21(14-29)34-24(31)25(32,20-9-13-33-16-20)19-4-2-1-3-5-19/h1-6,9-10,13,16-18,21,32H,7-8,11-12,14-15H2/p+1/t18?,21?,25-,29?/m1/s1. The molecule has 0 radical (unpaired) electrons. The number of esters is 1. The van der Waals surface area contributed by atoms with Crippen molar-refractivity contribution in [1.82, 2.24) is 9.97 Å². The lowest BCUT2D eigenvalue weighted by molar-refractivity contribution is -0.939. The molecule has 3 aromatic rings. The number of benzene rings is 1. The first-order valence-electron chi connectivity index (χ1n) is 11.4. The number of fused-ring (bicyclic) bond motifs is 3. The summed E-state index contributed by atoms with van der Waals surface area (Å²) in [6.07, 6.45) is 7.06. The van der Waals surface area contributed by atoms with E-state index in [1.165, 1.54) is 18.9 Å². The minimum atomic E-state index is -1.98. The van der Waals surface area contributed by atoms with Gasteiger partial charge in [-0.25, -0.2) is 14.8 Å². The van der Waals surface area contributed by atoms with Crippen molar-refractivity contribution in [3.8, 4) is 0 Å². The summed E-state index contributed by atoms with van der Waals surface area (Å²) in [7, 11) is 0. The van der Waals surface area contributed by atoms with E-state index in [2.05, 4.69) is 15.3 Å². The van der Waals surface area contributed by atoms with Gasteiger partial charge in [-0.1, -0.05) is 30.3 Å². The fourth-order valence-corrected chi connectivity index (χ4v) is 5.20. The van der Waals surface area contributed by atoms with E-state index in [0.29, 0.717) is 28.0 Å². The Hall–Kier alpha value is -3.56. The van der Waals surface area contributed by atoms with Crippen LogP contribution >= 0.6 is 0 Å². The monoisotopic (exact) mass is 463 g/mol. The zero-order valence-corrected chi connectivity index (χ0v) is 18.7. The minimum absolute atomic E-state index is 0.136. The number of hydrogen-bond donors (Lipinski definition) is 2. The van der Waals surface area contributed by atoms with Crippen molar-refractivity contribution in [3.05, 3.63) is 78.6 Å². The molecule has 9 heteroatoms. The molecular formula is C25H27N4O5+. The van der Waals surface area contributed by atoms with Crippen LogP contribution in [0.5, 0.6) is 0 Å². The molecule has 176 valence electrons. The molecule has 0 saturated carbocycles. The topological polar surface area (TPSA) is 115 Å². The van der Waals surface area contributed by atoms with Crippen LogP contribution in [0.15, 0.2) is 71.9 Å². The first-order chi connectivity index (χ1) is 16.5. The number of carbonyl (C=O) groups excluding carboxylic acids is 2. The summed E-state index contributed by atoms with van der Waals surface area (Å²) >= 11 is 0. The van der Waals surface area contributed by atoms with Crippen LogP contribution in [0.25, 0.3) is 0 Å². The van der Waals surface area contributed by atoms with Crippen molar-refractivity contribution in [2.45, 2.75) is 24.5 Å². The normalized spacial score (nSPS) is 25.3. The van der Waals surface area contributed by atoms with Gasteiger partial charge in [-0.2, -0.15) is 0 Å². The number of aromatic nitrogens is 2. The molecule has 5 heterocycles. The Morgan fingerprint density at radius 2 is 1.94 bits per heavy atom. The molecule has 0 spiro atoms. The van der Waals surface area contributed by atoms with Gasteiger partial charge in [-0.05, 0) is 17.7 Å². The van der Waals surface area contributed by atoms with Crippen LogP contribution in [0.1, 0.15) is 24.0 Å². The second kappa shape index (κ2) is 9.00. The number of amides is 1. The fourth-order valence-electron chi connectivity index (χ4n) is 5.20. The minimum Gasteiger partial charge on any atom is -0.472 e. The number of anilines is 1. The van der Waals surface area contributed by atoms with Gasteiger partial charge in [-0.3, -0.25) is 4.79 Å². The maximum Gasteiger partial charge on any atom is 0.348 e. The van der Waals surface area contributed by atoms with Gasteiger partial charge in [0.05, 0.1) is 25.6 Å². The third kappa shape index (κ3) is 4.20. The van der Waals surface area contributed by atoms with Gasteiger partial charge in [-0.15, -0.1) is 0 Å². The largest absolute Gasteiger partial charge is 0.472 e. The Labute approximate surface area is 197 Å². The molecular weight excluding hydrogens is 436 g/mol. The number of aliphatic hydroxyl groups is 1. The highest BCUT2D eigenvalue weighted by atomic mass is 16.6. The molecule has 6 rings (SSSR count). The first kappa shape index (κ1) is 22.2. The highest BCUT2D eigenvalue weighted by molar-refractivity contribution is 5.90. The first-order valence-corrected chi connectivity index (χ1v) is 11.4. The quantitative estimate of drug-likeness (QED) is 0.407. The number of furan rings is 1. The predicted molar refractivity (Wildman–Crippen MR) is 121 cm³/mol. The second-order valence-corrected chi connectivity index (χ2v) is 9.14. The van der Waals surface area contributed by atoms with Crippen molar-refractivity contribution in [2.75, 3.05) is 31.5 Å². The number of nitrogens with zero attached hydrogens (tertiary/aromatic N) is 3. The lowest BCUT2D eigenvalue weighted by Crippen LogP contribution is -2.66. The summed E-state index contributed by atoms with van der Waals surface area (Å²) in [6.45, 7) is 2.50. The maximum absolute atomic E-state index is 13.5. The summed E-state index contributed by atoms with van der Waals surface area (Å²) in [5.74, 6) is -0.204. The molecule has 3 fully saturated rings. The SMILES string of the molecule is O=C(C[N+]12CCC(CC1)C(OC(=O)[C@@](O)(c1ccccc1)c1ccoc1)C2)Nc1ccncn1. The lowest BCUT2D eigenvalue weighted by atomic mass is 9.82. The van der Waals surface area contributed by atoms with E-state index in [4.69, 9.17) is 9.15 Å². The average molecular weight is 464 g/mol.